The van der Waals surface area contributed by atoms with E-state index in [2.05, 4.69) is 0 Å². The number of benzene rings is 2. The van der Waals surface area contributed by atoms with Crippen LogP contribution in [0.25, 0.3) is 0 Å². The van der Waals surface area contributed by atoms with E-state index in [4.69, 9.17) is 10.5 Å². The van der Waals surface area contributed by atoms with Gasteiger partial charge in [0.15, 0.2) is 0 Å². The summed E-state index contributed by atoms with van der Waals surface area (Å²) in [5.74, 6) is -0.798. The Hall–Kier alpha value is -1.94. The summed E-state index contributed by atoms with van der Waals surface area (Å²) in [6.07, 6.45) is 0. The van der Waals surface area contributed by atoms with Gasteiger partial charge in [-0.15, -0.1) is 0 Å². The Bertz CT molecular complexity index is 578. The zero-order valence-corrected chi connectivity index (χ0v) is 10.8. The summed E-state index contributed by atoms with van der Waals surface area (Å²) in [5, 5.41) is 0. The van der Waals surface area contributed by atoms with Gasteiger partial charge in [-0.3, -0.25) is 0 Å². The average molecular weight is 263 g/mol. The van der Waals surface area contributed by atoms with E-state index < -0.39 is 17.7 Å². The lowest BCUT2D eigenvalue weighted by molar-refractivity contribution is 0.406. The minimum absolute atomic E-state index is 0.147. The minimum Gasteiger partial charge on any atom is -0.496 e. The quantitative estimate of drug-likeness (QED) is 0.921. The van der Waals surface area contributed by atoms with Gasteiger partial charge in [0.1, 0.15) is 17.4 Å². The lowest BCUT2D eigenvalue weighted by Crippen LogP contribution is -2.16. The molecular weight excluding hydrogens is 248 g/mol. The van der Waals surface area contributed by atoms with Crippen LogP contribution in [0.4, 0.5) is 8.78 Å². The van der Waals surface area contributed by atoms with E-state index >= 15 is 0 Å². The van der Waals surface area contributed by atoms with Gasteiger partial charge in [-0.1, -0.05) is 23.8 Å². The van der Waals surface area contributed by atoms with Crippen molar-refractivity contribution >= 4 is 0 Å². The first-order chi connectivity index (χ1) is 9.04. The van der Waals surface area contributed by atoms with Gasteiger partial charge in [0.2, 0.25) is 0 Å². The van der Waals surface area contributed by atoms with Crippen molar-refractivity contribution in [3.8, 4) is 5.75 Å². The summed E-state index contributed by atoms with van der Waals surface area (Å²) in [6.45, 7) is 1.88. The highest BCUT2D eigenvalue weighted by Crippen LogP contribution is 2.31. The highest BCUT2D eigenvalue weighted by molar-refractivity contribution is 5.44. The molecule has 1 atom stereocenters. The Labute approximate surface area is 110 Å². The molecule has 2 nitrogen and oxygen atoms in total. The van der Waals surface area contributed by atoms with Crippen molar-refractivity contribution in [3.63, 3.8) is 0 Å². The number of halogens is 2. The molecule has 2 aromatic rings. The van der Waals surface area contributed by atoms with Crippen LogP contribution < -0.4 is 10.5 Å². The fourth-order valence-corrected chi connectivity index (χ4v) is 2.06. The molecule has 0 saturated carbocycles. The highest BCUT2D eigenvalue weighted by Gasteiger charge is 2.21. The summed E-state index contributed by atoms with van der Waals surface area (Å²) >= 11 is 0. The molecule has 2 N–H and O–H groups in total. The van der Waals surface area contributed by atoms with Gasteiger partial charge in [-0.05, 0) is 25.1 Å². The zero-order chi connectivity index (χ0) is 14.0. The van der Waals surface area contributed by atoms with Gasteiger partial charge in [-0.25, -0.2) is 8.78 Å². The topological polar surface area (TPSA) is 35.2 Å². The molecule has 0 bridgehead atoms. The van der Waals surface area contributed by atoms with Gasteiger partial charge in [0, 0.05) is 11.1 Å². The molecule has 2 aromatic carbocycles. The van der Waals surface area contributed by atoms with E-state index in [9.17, 15) is 8.78 Å². The summed E-state index contributed by atoms with van der Waals surface area (Å²) < 4.78 is 32.7. The summed E-state index contributed by atoms with van der Waals surface area (Å²) in [5.41, 5.74) is 7.37. The second-order valence-corrected chi connectivity index (χ2v) is 4.36. The van der Waals surface area contributed by atoms with Gasteiger partial charge in [0.25, 0.3) is 0 Å². The van der Waals surface area contributed by atoms with Crippen molar-refractivity contribution in [2.24, 2.45) is 5.73 Å². The predicted octanol–water partition coefficient (Wildman–Crippen LogP) is 3.33. The van der Waals surface area contributed by atoms with Crippen molar-refractivity contribution in [2.45, 2.75) is 13.0 Å². The van der Waals surface area contributed by atoms with Crippen LogP contribution in [0.2, 0.25) is 0 Å². The van der Waals surface area contributed by atoms with Crippen LogP contribution in [-0.2, 0) is 0 Å². The highest BCUT2D eigenvalue weighted by atomic mass is 19.1. The number of aryl methyl sites for hydroxylation is 1. The number of methoxy groups -OCH3 is 1. The molecule has 0 radical (unpaired) electrons. The number of rotatable bonds is 3. The molecule has 0 fully saturated rings. The first-order valence-corrected chi connectivity index (χ1v) is 5.88. The van der Waals surface area contributed by atoms with Crippen molar-refractivity contribution in [2.75, 3.05) is 7.11 Å². The average Bonchev–Trinajstić information content (AvgIpc) is 2.38. The second-order valence-electron chi connectivity index (χ2n) is 4.36. The Morgan fingerprint density at radius 3 is 2.32 bits per heavy atom. The van der Waals surface area contributed by atoms with E-state index in [0.717, 1.165) is 5.56 Å². The van der Waals surface area contributed by atoms with Crippen LogP contribution in [0.5, 0.6) is 5.75 Å². The molecule has 19 heavy (non-hydrogen) atoms. The molecule has 0 aliphatic heterocycles. The van der Waals surface area contributed by atoms with Crippen LogP contribution in [-0.4, -0.2) is 7.11 Å². The van der Waals surface area contributed by atoms with Crippen LogP contribution in [0.1, 0.15) is 22.7 Å². The van der Waals surface area contributed by atoms with E-state index in [1.165, 1.54) is 25.3 Å². The Balaban J connectivity index is 2.55. The fraction of sp³-hybridized carbons (Fsp3) is 0.200. The maximum atomic E-state index is 13.8. The van der Waals surface area contributed by atoms with Crippen molar-refractivity contribution in [3.05, 3.63) is 64.7 Å². The molecule has 0 aliphatic rings. The molecule has 0 aliphatic carbocycles. The normalized spacial score (nSPS) is 12.3. The molecule has 0 spiro atoms. The van der Waals surface area contributed by atoms with Crippen molar-refractivity contribution in [1.82, 2.24) is 0 Å². The minimum atomic E-state index is -0.906. The van der Waals surface area contributed by atoms with E-state index in [1.54, 1.807) is 12.1 Å². The maximum absolute atomic E-state index is 13.8. The number of hydrogen-bond acceptors (Lipinski definition) is 2. The lowest BCUT2D eigenvalue weighted by Gasteiger charge is -2.18. The lowest BCUT2D eigenvalue weighted by atomic mass is 9.96. The zero-order valence-electron chi connectivity index (χ0n) is 10.8. The number of ether oxygens (including phenoxy) is 1. The Morgan fingerprint density at radius 1 is 1.11 bits per heavy atom. The fourth-order valence-electron chi connectivity index (χ4n) is 2.06. The third-order valence-electron chi connectivity index (χ3n) is 3.03. The number of nitrogens with two attached hydrogens (primary N) is 1. The Kier molecular flexibility index (Phi) is 3.81. The molecule has 1 unspecified atom stereocenters. The van der Waals surface area contributed by atoms with E-state index in [0.29, 0.717) is 11.3 Å². The van der Waals surface area contributed by atoms with Crippen LogP contribution in [0, 0.1) is 18.6 Å². The summed E-state index contributed by atoms with van der Waals surface area (Å²) in [4.78, 5) is 0. The van der Waals surface area contributed by atoms with Crippen LogP contribution in [0.15, 0.2) is 36.4 Å². The molecule has 0 amide bonds. The summed E-state index contributed by atoms with van der Waals surface area (Å²) in [6, 6.07) is 8.16. The van der Waals surface area contributed by atoms with Crippen molar-refractivity contribution < 1.29 is 13.5 Å². The van der Waals surface area contributed by atoms with Crippen molar-refractivity contribution in [1.29, 1.82) is 0 Å². The van der Waals surface area contributed by atoms with Crippen LogP contribution in [0.3, 0.4) is 0 Å². The molecule has 0 heterocycles. The first-order valence-electron chi connectivity index (χ1n) is 5.88. The molecule has 4 heteroatoms. The molecule has 100 valence electrons. The Morgan fingerprint density at radius 2 is 1.74 bits per heavy atom. The molecular formula is C15H15F2NO. The van der Waals surface area contributed by atoms with Gasteiger partial charge in [-0.2, -0.15) is 0 Å². The standard InChI is InChI=1S/C15H15F2NO/c1-9-6-7-13(19-2)10(8-9)15(18)14-11(16)4-3-5-12(14)17/h3-8,15H,18H2,1-2H3. The third-order valence-corrected chi connectivity index (χ3v) is 3.03. The monoisotopic (exact) mass is 263 g/mol. The largest absolute Gasteiger partial charge is 0.496 e. The molecule has 0 aromatic heterocycles. The predicted molar refractivity (Wildman–Crippen MR) is 70.1 cm³/mol. The van der Waals surface area contributed by atoms with Gasteiger partial charge >= 0.3 is 0 Å². The summed E-state index contributed by atoms with van der Waals surface area (Å²) in [7, 11) is 1.50. The second kappa shape index (κ2) is 5.36. The third kappa shape index (κ3) is 2.58. The number of hydrogen-bond donors (Lipinski definition) is 1. The SMILES string of the molecule is COc1ccc(C)cc1C(N)c1c(F)cccc1F. The first kappa shape index (κ1) is 13.5. The van der Waals surface area contributed by atoms with Gasteiger partial charge < -0.3 is 10.5 Å². The smallest absolute Gasteiger partial charge is 0.131 e. The van der Waals surface area contributed by atoms with Gasteiger partial charge in [0.05, 0.1) is 13.2 Å². The molecule has 2 rings (SSSR count). The van der Waals surface area contributed by atoms with E-state index in [-0.39, 0.29) is 5.56 Å². The van der Waals surface area contributed by atoms with Crippen LogP contribution >= 0.6 is 0 Å². The maximum Gasteiger partial charge on any atom is 0.131 e. The molecule has 0 saturated heterocycles. The van der Waals surface area contributed by atoms with E-state index in [1.807, 2.05) is 13.0 Å².